The number of hydrogen-bond acceptors (Lipinski definition) is 6. The summed E-state index contributed by atoms with van der Waals surface area (Å²) in [5, 5.41) is 7.55. The van der Waals surface area contributed by atoms with Gasteiger partial charge in [-0.25, -0.2) is 4.79 Å². The Bertz CT molecular complexity index is 1090. The minimum absolute atomic E-state index is 0.0415. The number of carbonyl (C=O) groups excluding carboxylic acids is 3. The fourth-order valence-electron chi connectivity index (χ4n) is 5.02. The molecule has 0 bridgehead atoms. The Morgan fingerprint density at radius 3 is 2.51 bits per heavy atom. The third-order valence-corrected chi connectivity index (χ3v) is 6.89. The topological polar surface area (TPSA) is 103 Å². The number of aromatic nitrogens is 2. The maximum atomic E-state index is 13.9. The number of nitrogens with one attached hydrogen (secondary N) is 1. The zero-order chi connectivity index (χ0) is 25.0. The minimum atomic E-state index is -1.29. The van der Waals surface area contributed by atoms with Crippen LogP contribution in [-0.2, 0) is 16.1 Å². The largest absolute Gasteiger partial charge is 0.495 e. The average molecular weight is 483 g/mol. The summed E-state index contributed by atoms with van der Waals surface area (Å²) in [6, 6.07) is 8.61. The SMILES string of the molecule is CCOC(=O)c1cc2n(n1)C[C@](C)(C(=O)NC1CCCCCCC1)N(c1ccccc1OC)C2=O. The number of fused-ring (bicyclic) bond motifs is 1. The fourth-order valence-corrected chi connectivity index (χ4v) is 5.02. The summed E-state index contributed by atoms with van der Waals surface area (Å²) in [4.78, 5) is 41.6. The summed E-state index contributed by atoms with van der Waals surface area (Å²) in [6.45, 7) is 3.73. The van der Waals surface area contributed by atoms with Gasteiger partial charge < -0.3 is 14.8 Å². The molecule has 0 radical (unpaired) electrons. The van der Waals surface area contributed by atoms with Gasteiger partial charge in [0, 0.05) is 12.1 Å². The molecule has 35 heavy (non-hydrogen) atoms. The Balaban J connectivity index is 1.74. The third kappa shape index (κ3) is 4.90. The molecule has 1 fully saturated rings. The molecule has 4 rings (SSSR count). The van der Waals surface area contributed by atoms with Crippen molar-refractivity contribution in [1.29, 1.82) is 0 Å². The zero-order valence-corrected chi connectivity index (χ0v) is 20.7. The molecule has 1 aromatic heterocycles. The number of ether oxygens (including phenoxy) is 2. The first-order chi connectivity index (χ1) is 16.9. The van der Waals surface area contributed by atoms with Gasteiger partial charge in [-0.15, -0.1) is 0 Å². The molecule has 2 heterocycles. The van der Waals surface area contributed by atoms with Crippen molar-refractivity contribution >= 4 is 23.5 Å². The van der Waals surface area contributed by atoms with Crippen molar-refractivity contribution < 1.29 is 23.9 Å². The van der Waals surface area contributed by atoms with E-state index in [1.54, 1.807) is 32.0 Å². The second-order valence-electron chi connectivity index (χ2n) is 9.39. The Kier molecular flexibility index (Phi) is 7.42. The Morgan fingerprint density at radius 2 is 1.83 bits per heavy atom. The predicted octanol–water partition coefficient (Wildman–Crippen LogP) is 3.72. The van der Waals surface area contributed by atoms with Crippen molar-refractivity contribution in [3.8, 4) is 5.75 Å². The van der Waals surface area contributed by atoms with Crippen LogP contribution in [0.2, 0.25) is 0 Å². The van der Waals surface area contributed by atoms with Gasteiger partial charge in [-0.2, -0.15) is 5.10 Å². The van der Waals surface area contributed by atoms with Crippen LogP contribution in [0, 0.1) is 0 Å². The predicted molar refractivity (Wildman–Crippen MR) is 131 cm³/mol. The lowest BCUT2D eigenvalue weighted by Gasteiger charge is -2.44. The van der Waals surface area contributed by atoms with Gasteiger partial charge in [0.2, 0.25) is 5.91 Å². The Labute approximate surface area is 205 Å². The molecule has 2 aliphatic rings. The maximum absolute atomic E-state index is 13.9. The number of amides is 2. The molecule has 1 atom stereocenters. The lowest BCUT2D eigenvalue weighted by Crippen LogP contribution is -2.65. The molecule has 1 aromatic carbocycles. The molecule has 1 N–H and O–H groups in total. The van der Waals surface area contributed by atoms with Gasteiger partial charge in [0.25, 0.3) is 5.91 Å². The van der Waals surface area contributed by atoms with Gasteiger partial charge >= 0.3 is 5.97 Å². The standard InChI is InChI=1S/C26H34N4O5/c1-4-35-24(32)19-16-21-23(31)30(20-14-10-11-15-22(20)34-3)26(2,17-29(21)28-19)25(33)27-18-12-8-6-5-7-9-13-18/h10-11,14-16,18H,4-9,12-13,17H2,1-3H3,(H,27,33)/t26-/m1/s1. The second kappa shape index (κ2) is 10.5. The van der Waals surface area contributed by atoms with Crippen molar-refractivity contribution in [2.24, 2.45) is 0 Å². The number of carbonyl (C=O) groups is 3. The van der Waals surface area contributed by atoms with E-state index in [4.69, 9.17) is 9.47 Å². The second-order valence-corrected chi connectivity index (χ2v) is 9.39. The number of anilines is 1. The highest BCUT2D eigenvalue weighted by Gasteiger charge is 2.50. The highest BCUT2D eigenvalue weighted by molar-refractivity contribution is 6.13. The van der Waals surface area contributed by atoms with Gasteiger partial charge in [0.1, 0.15) is 17.0 Å². The fraction of sp³-hybridized carbons (Fsp3) is 0.538. The van der Waals surface area contributed by atoms with Crippen LogP contribution in [0.1, 0.15) is 79.8 Å². The van der Waals surface area contributed by atoms with Crippen LogP contribution in [0.25, 0.3) is 0 Å². The van der Waals surface area contributed by atoms with Crippen molar-refractivity contribution in [2.45, 2.75) is 76.9 Å². The summed E-state index contributed by atoms with van der Waals surface area (Å²) < 4.78 is 12.1. The minimum Gasteiger partial charge on any atom is -0.495 e. The van der Waals surface area contributed by atoms with Gasteiger partial charge in [-0.05, 0) is 38.8 Å². The molecule has 0 spiro atoms. The summed E-state index contributed by atoms with van der Waals surface area (Å²) in [7, 11) is 1.53. The van der Waals surface area contributed by atoms with Crippen LogP contribution in [-0.4, -0.2) is 52.9 Å². The molecule has 0 saturated heterocycles. The van der Waals surface area contributed by atoms with Crippen molar-refractivity contribution in [3.05, 3.63) is 41.7 Å². The van der Waals surface area contributed by atoms with Gasteiger partial charge in [-0.3, -0.25) is 19.2 Å². The Morgan fingerprint density at radius 1 is 1.14 bits per heavy atom. The molecular formula is C26H34N4O5. The van der Waals surface area contributed by atoms with Crippen LogP contribution in [0.15, 0.2) is 30.3 Å². The highest BCUT2D eigenvalue weighted by atomic mass is 16.5. The van der Waals surface area contributed by atoms with E-state index in [1.807, 2.05) is 6.07 Å². The summed E-state index contributed by atoms with van der Waals surface area (Å²) in [6.07, 6.45) is 7.56. The molecule has 1 aliphatic carbocycles. The normalized spacial score (nSPS) is 21.0. The third-order valence-electron chi connectivity index (χ3n) is 6.89. The molecule has 9 heteroatoms. The van der Waals surface area contributed by atoms with Crippen LogP contribution in [0.3, 0.4) is 0 Å². The molecule has 1 aliphatic heterocycles. The number of benzene rings is 1. The molecule has 188 valence electrons. The highest BCUT2D eigenvalue weighted by Crippen LogP contribution is 2.38. The number of para-hydroxylation sites is 2. The summed E-state index contributed by atoms with van der Waals surface area (Å²) >= 11 is 0. The number of methoxy groups -OCH3 is 1. The van der Waals surface area contributed by atoms with Crippen LogP contribution < -0.4 is 15.0 Å². The molecule has 9 nitrogen and oxygen atoms in total. The van der Waals surface area contributed by atoms with E-state index in [0.717, 1.165) is 25.7 Å². The van der Waals surface area contributed by atoms with Crippen molar-refractivity contribution in [1.82, 2.24) is 15.1 Å². The number of rotatable bonds is 6. The molecule has 2 amide bonds. The van der Waals surface area contributed by atoms with Crippen LogP contribution in [0.4, 0.5) is 5.69 Å². The van der Waals surface area contributed by atoms with E-state index in [-0.39, 0.29) is 36.5 Å². The smallest absolute Gasteiger partial charge is 0.358 e. The Hall–Kier alpha value is -3.36. The lowest BCUT2D eigenvalue weighted by atomic mass is 9.91. The van der Waals surface area contributed by atoms with E-state index in [0.29, 0.717) is 11.4 Å². The van der Waals surface area contributed by atoms with E-state index in [2.05, 4.69) is 10.4 Å². The van der Waals surface area contributed by atoms with E-state index in [9.17, 15) is 14.4 Å². The lowest BCUT2D eigenvalue weighted by molar-refractivity contribution is -0.127. The monoisotopic (exact) mass is 482 g/mol. The first-order valence-electron chi connectivity index (χ1n) is 12.4. The van der Waals surface area contributed by atoms with Crippen LogP contribution >= 0.6 is 0 Å². The van der Waals surface area contributed by atoms with E-state index >= 15 is 0 Å². The van der Waals surface area contributed by atoms with Crippen molar-refractivity contribution in [2.75, 3.05) is 18.6 Å². The summed E-state index contributed by atoms with van der Waals surface area (Å²) in [5.41, 5.74) is -0.547. The molecular weight excluding hydrogens is 448 g/mol. The van der Waals surface area contributed by atoms with Gasteiger partial charge in [0.15, 0.2) is 5.69 Å². The first kappa shape index (κ1) is 24.8. The van der Waals surface area contributed by atoms with E-state index < -0.39 is 17.4 Å². The molecule has 0 unspecified atom stereocenters. The number of esters is 1. The van der Waals surface area contributed by atoms with E-state index in [1.165, 1.54) is 42.0 Å². The average Bonchev–Trinajstić information content (AvgIpc) is 3.25. The van der Waals surface area contributed by atoms with Crippen molar-refractivity contribution in [3.63, 3.8) is 0 Å². The molecule has 1 saturated carbocycles. The van der Waals surface area contributed by atoms with Gasteiger partial charge in [0.05, 0.1) is 25.9 Å². The number of nitrogens with zero attached hydrogens (tertiary/aromatic N) is 3. The van der Waals surface area contributed by atoms with Gasteiger partial charge in [-0.1, -0.05) is 44.2 Å². The van der Waals surface area contributed by atoms with Crippen LogP contribution in [0.5, 0.6) is 5.75 Å². The quantitative estimate of drug-likeness (QED) is 0.630. The zero-order valence-electron chi connectivity index (χ0n) is 20.7. The first-order valence-corrected chi connectivity index (χ1v) is 12.4. The number of hydrogen-bond donors (Lipinski definition) is 1. The summed E-state index contributed by atoms with van der Waals surface area (Å²) in [5.74, 6) is -0.809. The molecule has 2 aromatic rings. The maximum Gasteiger partial charge on any atom is 0.358 e.